The average Bonchev–Trinajstić information content (AvgIpc) is 3.13. The second-order valence-electron chi connectivity index (χ2n) is 11.1. The molecule has 1 atom stereocenters. The zero-order valence-electron chi connectivity index (χ0n) is 22.8. The Hall–Kier alpha value is -0.930. The van der Waals surface area contributed by atoms with Crippen molar-refractivity contribution in [2.45, 2.75) is 97.3 Å². The van der Waals surface area contributed by atoms with Crippen LogP contribution in [0.2, 0.25) is 0 Å². The molecule has 36 heavy (non-hydrogen) atoms. The van der Waals surface area contributed by atoms with E-state index in [2.05, 4.69) is 44.9 Å². The van der Waals surface area contributed by atoms with Gasteiger partial charge in [-0.05, 0) is 95.4 Å². The van der Waals surface area contributed by atoms with E-state index in [1.54, 1.807) is 0 Å². The fourth-order valence-corrected chi connectivity index (χ4v) is 5.84. The number of aliphatic imine (C=N–C) groups is 1. The van der Waals surface area contributed by atoms with Gasteiger partial charge in [0.15, 0.2) is 5.90 Å². The third kappa shape index (κ3) is 12.1. The van der Waals surface area contributed by atoms with Gasteiger partial charge in [0.05, 0.1) is 24.4 Å². The predicted octanol–water partition coefficient (Wildman–Crippen LogP) is 8.06. The van der Waals surface area contributed by atoms with Gasteiger partial charge in [-0.2, -0.15) is 0 Å². The first-order chi connectivity index (χ1) is 16.7. The van der Waals surface area contributed by atoms with E-state index in [1.165, 1.54) is 0 Å². The molecule has 1 unspecified atom stereocenters. The number of allylic oxidation sites excluding steroid dienone is 1. The van der Waals surface area contributed by atoms with Crippen molar-refractivity contribution >= 4 is 36.3 Å². The van der Waals surface area contributed by atoms with Gasteiger partial charge >= 0.3 is 7.82 Å². The standard InChI is InChI=1S/C27H43INO6P/c1-22-29-27(20-32-22,21-33-36(30,34-25(2,3)4)35-26(5,6)7)17-16-23-12-14-24(15-13-23)31-19-11-9-8-10-18-28/h10,12-15,18H,8-9,11,16-17,19-21H2,1-7H3/b18-10-. The number of hydrogen-bond donors (Lipinski definition) is 0. The first-order valence-corrected chi connectivity index (χ1v) is 15.3. The van der Waals surface area contributed by atoms with Gasteiger partial charge in [0.1, 0.15) is 17.9 Å². The molecule has 9 heteroatoms. The molecule has 0 radical (unpaired) electrons. The maximum Gasteiger partial charge on any atom is 0.475 e. The van der Waals surface area contributed by atoms with Gasteiger partial charge in [-0.25, -0.2) is 9.56 Å². The fraction of sp³-hybridized carbons (Fsp3) is 0.667. The third-order valence-corrected chi connectivity index (χ3v) is 7.63. The zero-order chi connectivity index (χ0) is 26.9. The quantitative estimate of drug-likeness (QED) is 0.117. The van der Waals surface area contributed by atoms with E-state index in [0.29, 0.717) is 25.5 Å². The summed E-state index contributed by atoms with van der Waals surface area (Å²) < 4.78 is 44.6. The lowest BCUT2D eigenvalue weighted by Gasteiger charge is -2.33. The van der Waals surface area contributed by atoms with Crippen molar-refractivity contribution < 1.29 is 27.6 Å². The molecule has 2 rings (SSSR count). The minimum atomic E-state index is -3.84. The predicted molar refractivity (Wildman–Crippen MR) is 154 cm³/mol. The Labute approximate surface area is 231 Å². The van der Waals surface area contributed by atoms with Crippen molar-refractivity contribution in [3.05, 3.63) is 40.0 Å². The minimum Gasteiger partial charge on any atom is -0.494 e. The van der Waals surface area contributed by atoms with Crippen molar-refractivity contribution in [3.63, 3.8) is 0 Å². The Morgan fingerprint density at radius 3 is 2.25 bits per heavy atom. The summed E-state index contributed by atoms with van der Waals surface area (Å²) in [5.74, 6) is 1.47. The highest BCUT2D eigenvalue weighted by atomic mass is 127. The van der Waals surface area contributed by atoms with Gasteiger partial charge < -0.3 is 9.47 Å². The average molecular weight is 636 g/mol. The number of hydrogen-bond acceptors (Lipinski definition) is 7. The number of phosphoric acid groups is 1. The van der Waals surface area contributed by atoms with Crippen LogP contribution in [0.25, 0.3) is 0 Å². The number of benzene rings is 1. The number of halogens is 1. The van der Waals surface area contributed by atoms with Gasteiger partial charge in [-0.15, -0.1) is 0 Å². The maximum absolute atomic E-state index is 13.5. The molecule has 0 aromatic heterocycles. The molecule has 1 aromatic rings. The second kappa shape index (κ2) is 13.7. The molecule has 0 aliphatic carbocycles. The molecule has 0 bridgehead atoms. The summed E-state index contributed by atoms with van der Waals surface area (Å²) in [5.41, 5.74) is -0.900. The van der Waals surface area contributed by atoms with Crippen molar-refractivity contribution in [1.29, 1.82) is 0 Å². The Morgan fingerprint density at radius 1 is 1.08 bits per heavy atom. The normalized spacial score (nSPS) is 18.9. The fourth-order valence-electron chi connectivity index (χ4n) is 3.60. The van der Waals surface area contributed by atoms with Gasteiger partial charge in [0.2, 0.25) is 0 Å². The zero-order valence-corrected chi connectivity index (χ0v) is 25.9. The smallest absolute Gasteiger partial charge is 0.475 e. The number of aryl methyl sites for hydroxylation is 1. The van der Waals surface area contributed by atoms with Crippen molar-refractivity contribution in [2.24, 2.45) is 4.99 Å². The molecule has 7 nitrogen and oxygen atoms in total. The number of phosphoric ester groups is 1. The molecule has 0 saturated carbocycles. The molecule has 204 valence electrons. The molecular formula is C27H43INO6P. The lowest BCUT2D eigenvalue weighted by molar-refractivity contribution is -0.00465. The summed E-state index contributed by atoms with van der Waals surface area (Å²) in [4.78, 5) is 4.73. The van der Waals surface area contributed by atoms with Crippen LogP contribution < -0.4 is 4.74 Å². The van der Waals surface area contributed by atoms with E-state index in [9.17, 15) is 4.57 Å². The van der Waals surface area contributed by atoms with Crippen LogP contribution >= 0.6 is 30.4 Å². The Morgan fingerprint density at radius 2 is 1.72 bits per heavy atom. The van der Waals surface area contributed by atoms with Gasteiger partial charge in [-0.3, -0.25) is 13.6 Å². The van der Waals surface area contributed by atoms with Crippen LogP contribution in [-0.4, -0.2) is 42.5 Å². The van der Waals surface area contributed by atoms with Gasteiger partial charge in [0.25, 0.3) is 0 Å². The molecule has 0 spiro atoms. The Balaban J connectivity index is 1.99. The van der Waals surface area contributed by atoms with Crippen LogP contribution in [-0.2, 0) is 29.3 Å². The van der Waals surface area contributed by atoms with Gasteiger partial charge in [-0.1, -0.05) is 40.8 Å². The molecule has 1 aromatic carbocycles. The van der Waals surface area contributed by atoms with Crippen LogP contribution in [0.4, 0.5) is 0 Å². The van der Waals surface area contributed by atoms with Crippen LogP contribution in [0.5, 0.6) is 5.75 Å². The highest BCUT2D eigenvalue weighted by molar-refractivity contribution is 14.1. The summed E-state index contributed by atoms with van der Waals surface area (Å²) in [6.45, 7) is 13.9. The van der Waals surface area contributed by atoms with E-state index >= 15 is 0 Å². The van der Waals surface area contributed by atoms with Crippen LogP contribution in [0.1, 0.15) is 79.7 Å². The SMILES string of the molecule is CC1=NC(CCc2ccc(OCCCC/C=C\I)cc2)(COP(=O)(OC(C)(C)C)OC(C)(C)C)CO1. The molecule has 0 fully saturated rings. The first-order valence-electron chi connectivity index (χ1n) is 12.6. The van der Waals surface area contributed by atoms with Gasteiger partial charge in [0, 0.05) is 6.92 Å². The lowest BCUT2D eigenvalue weighted by atomic mass is 9.94. The number of nitrogens with zero attached hydrogens (tertiary/aromatic N) is 1. The lowest BCUT2D eigenvalue weighted by Crippen LogP contribution is -2.36. The molecule has 0 amide bonds. The number of ether oxygens (including phenoxy) is 2. The second-order valence-corrected chi connectivity index (χ2v) is 13.4. The molecule has 1 heterocycles. The Kier molecular flexibility index (Phi) is 11.9. The number of rotatable bonds is 14. The summed E-state index contributed by atoms with van der Waals surface area (Å²) in [6, 6.07) is 8.16. The molecule has 1 aliphatic rings. The largest absolute Gasteiger partial charge is 0.494 e. The number of unbranched alkanes of at least 4 members (excludes halogenated alkanes) is 2. The van der Waals surface area contributed by atoms with Crippen molar-refractivity contribution in [1.82, 2.24) is 0 Å². The summed E-state index contributed by atoms with van der Waals surface area (Å²) in [6.07, 6.45) is 6.84. The highest BCUT2D eigenvalue weighted by Crippen LogP contribution is 2.56. The third-order valence-electron chi connectivity index (χ3n) is 5.13. The topological polar surface area (TPSA) is 75.6 Å². The van der Waals surface area contributed by atoms with Crippen LogP contribution in [0.3, 0.4) is 0 Å². The molecular weight excluding hydrogens is 592 g/mol. The molecule has 1 aliphatic heterocycles. The van der Waals surface area contributed by atoms with Crippen molar-refractivity contribution in [2.75, 3.05) is 19.8 Å². The summed E-state index contributed by atoms with van der Waals surface area (Å²) in [5, 5.41) is 0. The van der Waals surface area contributed by atoms with E-state index in [0.717, 1.165) is 37.0 Å². The maximum atomic E-state index is 13.5. The van der Waals surface area contributed by atoms with E-state index in [1.807, 2.05) is 60.6 Å². The molecule has 0 saturated heterocycles. The van der Waals surface area contributed by atoms with E-state index in [-0.39, 0.29) is 6.61 Å². The van der Waals surface area contributed by atoms with Crippen LogP contribution in [0.15, 0.2) is 39.4 Å². The molecule has 0 N–H and O–H groups in total. The van der Waals surface area contributed by atoms with E-state index in [4.69, 9.17) is 28.0 Å². The Bertz CT molecular complexity index is 900. The monoisotopic (exact) mass is 635 g/mol. The minimum absolute atomic E-state index is 0.0712. The summed E-state index contributed by atoms with van der Waals surface area (Å²) in [7, 11) is -3.84. The first kappa shape index (κ1) is 31.3. The van der Waals surface area contributed by atoms with E-state index < -0.39 is 24.6 Å². The van der Waals surface area contributed by atoms with Crippen LogP contribution in [0, 0.1) is 0 Å². The van der Waals surface area contributed by atoms with Crippen molar-refractivity contribution in [3.8, 4) is 5.75 Å². The highest BCUT2D eigenvalue weighted by Gasteiger charge is 2.42. The summed E-state index contributed by atoms with van der Waals surface area (Å²) >= 11 is 2.24.